The van der Waals surface area contributed by atoms with Gasteiger partial charge in [-0.2, -0.15) is 0 Å². The average Bonchev–Trinajstić information content (AvgIpc) is 3.05. The molecule has 138 valence electrons. The number of nitrogens with one attached hydrogen (secondary N) is 1. The third-order valence-corrected chi connectivity index (χ3v) is 6.14. The summed E-state index contributed by atoms with van der Waals surface area (Å²) in [4.78, 5) is 21.1. The van der Waals surface area contributed by atoms with Gasteiger partial charge in [-0.05, 0) is 24.1 Å². The molecule has 4 nitrogen and oxygen atoms in total. The lowest BCUT2D eigenvalue weighted by Crippen LogP contribution is -2.26. The fourth-order valence-corrected chi connectivity index (χ4v) is 4.46. The van der Waals surface area contributed by atoms with Crippen LogP contribution in [0.1, 0.15) is 11.1 Å². The SMILES string of the molecule is C[Si](C)(C)C#Cc1cncc2c(=O)n3c(cc12)-c1[nH]c2ccccc2c1CC3. The molecule has 5 heteroatoms. The normalized spacial score (nSPS) is 13.1. The highest BCUT2D eigenvalue weighted by molar-refractivity contribution is 6.83. The van der Waals surface area contributed by atoms with Crippen molar-refractivity contribution in [3.05, 3.63) is 64.2 Å². The second kappa shape index (κ2) is 5.95. The Labute approximate surface area is 164 Å². The molecule has 4 aromatic rings. The van der Waals surface area contributed by atoms with Gasteiger partial charge in [0.25, 0.3) is 5.56 Å². The van der Waals surface area contributed by atoms with Gasteiger partial charge in [-0.15, -0.1) is 5.54 Å². The maximum absolute atomic E-state index is 13.2. The minimum atomic E-state index is -1.53. The zero-order valence-corrected chi connectivity index (χ0v) is 17.3. The van der Waals surface area contributed by atoms with Gasteiger partial charge in [-0.1, -0.05) is 43.8 Å². The van der Waals surface area contributed by atoms with Crippen LogP contribution in [0.2, 0.25) is 19.6 Å². The third kappa shape index (κ3) is 2.61. The van der Waals surface area contributed by atoms with Gasteiger partial charge in [0.15, 0.2) is 0 Å². The minimum absolute atomic E-state index is 0.0148. The highest BCUT2D eigenvalue weighted by atomic mass is 28.3. The molecule has 0 atom stereocenters. The van der Waals surface area contributed by atoms with E-state index in [4.69, 9.17) is 0 Å². The summed E-state index contributed by atoms with van der Waals surface area (Å²) in [6, 6.07) is 10.4. The number of pyridine rings is 2. The molecule has 1 aromatic carbocycles. The van der Waals surface area contributed by atoms with Crippen molar-refractivity contribution >= 4 is 29.7 Å². The van der Waals surface area contributed by atoms with Crippen LogP contribution in [0.4, 0.5) is 0 Å². The van der Waals surface area contributed by atoms with Gasteiger partial charge in [0.1, 0.15) is 8.07 Å². The van der Waals surface area contributed by atoms with Crippen molar-refractivity contribution in [1.29, 1.82) is 0 Å². The number of hydrogen-bond donors (Lipinski definition) is 1. The maximum atomic E-state index is 13.2. The van der Waals surface area contributed by atoms with Gasteiger partial charge < -0.3 is 9.55 Å². The van der Waals surface area contributed by atoms with Gasteiger partial charge in [0.2, 0.25) is 0 Å². The van der Waals surface area contributed by atoms with Crippen LogP contribution in [0.15, 0.2) is 47.5 Å². The topological polar surface area (TPSA) is 50.7 Å². The van der Waals surface area contributed by atoms with Crippen molar-refractivity contribution in [2.24, 2.45) is 0 Å². The number of nitrogens with zero attached hydrogens (tertiary/aromatic N) is 2. The number of benzene rings is 1. The Bertz CT molecular complexity index is 1380. The number of H-pyrrole nitrogens is 1. The van der Waals surface area contributed by atoms with E-state index in [1.54, 1.807) is 12.4 Å². The van der Waals surface area contributed by atoms with Gasteiger partial charge in [0, 0.05) is 35.2 Å². The van der Waals surface area contributed by atoms with Crippen LogP contribution in [0.25, 0.3) is 33.1 Å². The Balaban J connectivity index is 1.83. The van der Waals surface area contributed by atoms with Crippen molar-refractivity contribution in [3.63, 3.8) is 0 Å². The Morgan fingerprint density at radius 2 is 1.93 bits per heavy atom. The zero-order valence-electron chi connectivity index (χ0n) is 16.3. The summed E-state index contributed by atoms with van der Waals surface area (Å²) >= 11 is 0. The van der Waals surface area contributed by atoms with Crippen molar-refractivity contribution in [2.75, 3.05) is 0 Å². The van der Waals surface area contributed by atoms with E-state index in [1.165, 1.54) is 10.9 Å². The minimum Gasteiger partial charge on any atom is -0.353 e. The van der Waals surface area contributed by atoms with E-state index in [1.807, 2.05) is 10.6 Å². The van der Waals surface area contributed by atoms with E-state index in [9.17, 15) is 4.79 Å². The molecule has 5 rings (SSSR count). The van der Waals surface area contributed by atoms with E-state index in [0.29, 0.717) is 11.9 Å². The molecular formula is C23H21N3OSi. The average molecular weight is 384 g/mol. The molecule has 3 aromatic heterocycles. The fraction of sp³-hybridized carbons (Fsp3) is 0.217. The number of fused-ring (bicyclic) bond motifs is 6. The summed E-state index contributed by atoms with van der Waals surface area (Å²) < 4.78 is 1.87. The monoisotopic (exact) mass is 383 g/mol. The van der Waals surface area contributed by atoms with E-state index in [-0.39, 0.29) is 5.56 Å². The van der Waals surface area contributed by atoms with Crippen molar-refractivity contribution in [1.82, 2.24) is 14.5 Å². The molecular weight excluding hydrogens is 362 g/mol. The first-order chi connectivity index (χ1) is 13.4. The Morgan fingerprint density at radius 3 is 2.75 bits per heavy atom. The molecule has 0 radical (unpaired) electrons. The Morgan fingerprint density at radius 1 is 1.11 bits per heavy atom. The van der Waals surface area contributed by atoms with Crippen LogP contribution in [-0.4, -0.2) is 22.6 Å². The van der Waals surface area contributed by atoms with Crippen LogP contribution in [0, 0.1) is 11.5 Å². The first-order valence-electron chi connectivity index (χ1n) is 9.57. The zero-order chi connectivity index (χ0) is 19.5. The number of aromatic amines is 1. The van der Waals surface area contributed by atoms with Gasteiger partial charge in [-0.3, -0.25) is 9.78 Å². The summed E-state index contributed by atoms with van der Waals surface area (Å²) in [5.74, 6) is 3.30. The molecule has 1 N–H and O–H groups in total. The Hall–Kier alpha value is -3.10. The first-order valence-corrected chi connectivity index (χ1v) is 13.1. The van der Waals surface area contributed by atoms with Gasteiger partial charge in [-0.25, -0.2) is 0 Å². The summed E-state index contributed by atoms with van der Waals surface area (Å²) in [5.41, 5.74) is 8.65. The standard InChI is InChI=1S/C23H21N3OSi/c1-28(2,3)11-9-15-13-24-14-19-18(15)12-21-22-17(8-10-26(21)23(19)27)16-6-4-5-7-20(16)25-22/h4-7,12-14,25H,8,10H2,1-3H3. The maximum Gasteiger partial charge on any atom is 0.260 e. The molecule has 0 saturated heterocycles. The van der Waals surface area contributed by atoms with Crippen molar-refractivity contribution in [2.45, 2.75) is 32.6 Å². The molecule has 0 spiro atoms. The number of aromatic nitrogens is 3. The third-order valence-electron chi connectivity index (χ3n) is 5.26. The molecule has 1 aliphatic rings. The summed E-state index contributed by atoms with van der Waals surface area (Å²) in [6.45, 7) is 7.33. The van der Waals surface area contributed by atoms with Crippen LogP contribution >= 0.6 is 0 Å². The first kappa shape index (κ1) is 17.0. The summed E-state index contributed by atoms with van der Waals surface area (Å²) in [5, 5.41) is 2.78. The smallest absolute Gasteiger partial charge is 0.260 e. The highest BCUT2D eigenvalue weighted by Gasteiger charge is 2.23. The molecule has 0 unspecified atom stereocenters. The highest BCUT2D eigenvalue weighted by Crippen LogP contribution is 2.35. The lowest BCUT2D eigenvalue weighted by Gasteiger charge is -2.20. The lowest BCUT2D eigenvalue weighted by atomic mass is 9.99. The summed E-state index contributed by atoms with van der Waals surface area (Å²) in [7, 11) is -1.53. The second-order valence-electron chi connectivity index (χ2n) is 8.41. The molecule has 1 aliphatic heterocycles. The largest absolute Gasteiger partial charge is 0.353 e. The van der Waals surface area contributed by atoms with E-state index in [2.05, 4.69) is 65.3 Å². The van der Waals surface area contributed by atoms with Gasteiger partial charge in [0.05, 0.1) is 22.3 Å². The molecule has 4 heterocycles. The van der Waals surface area contributed by atoms with Gasteiger partial charge >= 0.3 is 0 Å². The predicted octanol–water partition coefficient (Wildman–Crippen LogP) is 4.33. The second-order valence-corrected chi connectivity index (χ2v) is 13.2. The van der Waals surface area contributed by atoms with Crippen LogP contribution in [0.5, 0.6) is 0 Å². The quantitative estimate of drug-likeness (QED) is 0.363. The molecule has 0 amide bonds. The predicted molar refractivity (Wildman–Crippen MR) is 117 cm³/mol. The Kier molecular flexibility index (Phi) is 3.62. The van der Waals surface area contributed by atoms with Crippen molar-refractivity contribution in [3.8, 4) is 22.9 Å². The van der Waals surface area contributed by atoms with Crippen LogP contribution in [-0.2, 0) is 13.0 Å². The van der Waals surface area contributed by atoms with Crippen molar-refractivity contribution < 1.29 is 0 Å². The lowest BCUT2D eigenvalue weighted by molar-refractivity contribution is 0.665. The van der Waals surface area contributed by atoms with Crippen LogP contribution < -0.4 is 5.56 Å². The molecule has 0 saturated carbocycles. The molecule has 28 heavy (non-hydrogen) atoms. The summed E-state index contributed by atoms with van der Waals surface area (Å²) in [6.07, 6.45) is 4.30. The number of para-hydroxylation sites is 1. The number of aryl methyl sites for hydroxylation is 1. The van der Waals surface area contributed by atoms with E-state index < -0.39 is 8.07 Å². The molecule has 0 fully saturated rings. The number of rotatable bonds is 0. The molecule has 0 bridgehead atoms. The van der Waals surface area contributed by atoms with Crippen LogP contribution in [0.3, 0.4) is 0 Å². The molecule has 0 aliphatic carbocycles. The van der Waals surface area contributed by atoms with E-state index in [0.717, 1.165) is 34.3 Å². The fourth-order valence-electron chi connectivity index (χ4n) is 3.95. The number of hydrogen-bond acceptors (Lipinski definition) is 2. The van der Waals surface area contributed by atoms with E-state index >= 15 is 0 Å².